The van der Waals surface area contributed by atoms with Crippen molar-refractivity contribution in [1.82, 2.24) is 10.2 Å². The molecule has 1 aliphatic heterocycles. The van der Waals surface area contributed by atoms with Crippen LogP contribution in [0.5, 0.6) is 0 Å². The van der Waals surface area contributed by atoms with E-state index in [0.29, 0.717) is 38.0 Å². The number of hydrogen-bond acceptors (Lipinski definition) is 4. The van der Waals surface area contributed by atoms with Crippen molar-refractivity contribution in [2.75, 3.05) is 18.4 Å². The second-order valence-corrected chi connectivity index (χ2v) is 8.20. The Bertz CT molecular complexity index is 1040. The van der Waals surface area contributed by atoms with Gasteiger partial charge in [0.25, 0.3) is 0 Å². The minimum absolute atomic E-state index is 0.175. The number of alkyl halides is 3. The maximum Gasteiger partial charge on any atom is 0.416 e. The maximum absolute atomic E-state index is 13.0. The number of nitrogens with one attached hydrogen (secondary N) is 2. The molecule has 0 spiro atoms. The fourth-order valence-corrected chi connectivity index (χ4v) is 3.83. The largest absolute Gasteiger partial charge is 0.416 e. The first-order valence-electron chi connectivity index (χ1n) is 11.0. The van der Waals surface area contributed by atoms with Crippen molar-refractivity contribution in [2.24, 2.45) is 5.73 Å². The van der Waals surface area contributed by atoms with Gasteiger partial charge in [-0.1, -0.05) is 30.3 Å². The molecular formula is C24H27F3N4O3. The average Bonchev–Trinajstić information content (AvgIpc) is 2.95. The summed E-state index contributed by atoms with van der Waals surface area (Å²) in [5.41, 5.74) is 6.40. The van der Waals surface area contributed by atoms with Crippen molar-refractivity contribution < 1.29 is 27.6 Å². The van der Waals surface area contributed by atoms with Crippen LogP contribution in [0, 0.1) is 0 Å². The van der Waals surface area contributed by atoms with E-state index in [0.717, 1.165) is 17.7 Å². The Hall–Kier alpha value is -3.40. The molecule has 34 heavy (non-hydrogen) atoms. The van der Waals surface area contributed by atoms with E-state index in [2.05, 4.69) is 10.6 Å². The predicted octanol–water partition coefficient (Wildman–Crippen LogP) is 2.84. The summed E-state index contributed by atoms with van der Waals surface area (Å²) in [6, 6.07) is 10.8. The lowest BCUT2D eigenvalue weighted by Crippen LogP contribution is -2.49. The zero-order chi connectivity index (χ0) is 24.7. The molecule has 1 aliphatic rings. The summed E-state index contributed by atoms with van der Waals surface area (Å²) in [5, 5.41) is 5.37. The molecule has 7 nitrogen and oxygen atoms in total. The Kier molecular flexibility index (Phi) is 8.27. The van der Waals surface area contributed by atoms with E-state index in [-0.39, 0.29) is 30.3 Å². The first-order chi connectivity index (χ1) is 16.2. The summed E-state index contributed by atoms with van der Waals surface area (Å²) in [5.74, 6) is -1.32. The van der Waals surface area contributed by atoms with Crippen molar-refractivity contribution >= 4 is 23.4 Å². The van der Waals surface area contributed by atoms with E-state index >= 15 is 0 Å². The number of amides is 3. The summed E-state index contributed by atoms with van der Waals surface area (Å²) in [7, 11) is 0. The summed E-state index contributed by atoms with van der Waals surface area (Å²) >= 11 is 0. The molecule has 1 saturated heterocycles. The van der Waals surface area contributed by atoms with Crippen molar-refractivity contribution in [3.63, 3.8) is 0 Å². The van der Waals surface area contributed by atoms with Crippen LogP contribution in [0.1, 0.15) is 36.0 Å². The number of likely N-dealkylation sites (tertiary alicyclic amines) is 1. The molecule has 10 heteroatoms. The van der Waals surface area contributed by atoms with Gasteiger partial charge in [-0.15, -0.1) is 0 Å². The number of benzene rings is 2. The second-order valence-electron chi connectivity index (χ2n) is 8.20. The fourth-order valence-electron chi connectivity index (χ4n) is 3.83. The molecular weight excluding hydrogens is 449 g/mol. The Morgan fingerprint density at radius 1 is 1.03 bits per heavy atom. The molecule has 0 saturated carbocycles. The van der Waals surface area contributed by atoms with Gasteiger partial charge >= 0.3 is 6.18 Å². The smallest absolute Gasteiger partial charge is 0.344 e. The zero-order valence-corrected chi connectivity index (χ0v) is 18.5. The van der Waals surface area contributed by atoms with Crippen LogP contribution in [0.15, 0.2) is 48.5 Å². The van der Waals surface area contributed by atoms with Gasteiger partial charge in [0.1, 0.15) is 6.04 Å². The Morgan fingerprint density at radius 2 is 1.76 bits per heavy atom. The van der Waals surface area contributed by atoms with Crippen LogP contribution in [-0.2, 0) is 33.5 Å². The number of halogens is 3. The van der Waals surface area contributed by atoms with Crippen molar-refractivity contribution in [3.05, 3.63) is 65.2 Å². The van der Waals surface area contributed by atoms with Crippen LogP contribution in [0.25, 0.3) is 0 Å². The third-order valence-electron chi connectivity index (χ3n) is 5.52. The van der Waals surface area contributed by atoms with Gasteiger partial charge in [-0.2, -0.15) is 13.2 Å². The lowest BCUT2D eigenvalue weighted by atomic mass is 10.1. The lowest BCUT2D eigenvalue weighted by Gasteiger charge is -2.24. The van der Waals surface area contributed by atoms with Gasteiger partial charge < -0.3 is 21.3 Å². The quantitative estimate of drug-likeness (QED) is 0.572. The average molecular weight is 476 g/mol. The summed E-state index contributed by atoms with van der Waals surface area (Å²) in [6.07, 6.45) is -3.06. The number of carbonyl (C=O) groups excluding carboxylic acids is 3. The van der Waals surface area contributed by atoms with Crippen LogP contribution in [-0.4, -0.2) is 41.8 Å². The third-order valence-corrected chi connectivity index (χ3v) is 5.52. The number of carbonyl (C=O) groups is 3. The molecule has 2 aromatic rings. The molecule has 1 heterocycles. The Labute approximate surface area is 195 Å². The molecule has 2 aromatic carbocycles. The van der Waals surface area contributed by atoms with Gasteiger partial charge in [0.15, 0.2) is 0 Å². The highest BCUT2D eigenvalue weighted by atomic mass is 19.4. The number of hydrogen-bond donors (Lipinski definition) is 3. The topological polar surface area (TPSA) is 105 Å². The van der Waals surface area contributed by atoms with Gasteiger partial charge in [0.2, 0.25) is 17.7 Å². The van der Waals surface area contributed by atoms with Crippen molar-refractivity contribution in [3.8, 4) is 0 Å². The molecule has 1 unspecified atom stereocenters. The third kappa shape index (κ3) is 7.05. The van der Waals surface area contributed by atoms with Crippen LogP contribution in [0.4, 0.5) is 18.9 Å². The monoisotopic (exact) mass is 476 g/mol. The minimum atomic E-state index is -4.50. The SMILES string of the molecule is NCc1cccc(NC(=O)CN2CCCCC(NC(=O)Cc3cccc(C(F)(F)F)c3)C2=O)c1. The van der Waals surface area contributed by atoms with Crippen LogP contribution in [0.3, 0.4) is 0 Å². The molecule has 0 aliphatic carbocycles. The predicted molar refractivity (Wildman–Crippen MR) is 120 cm³/mol. The van der Waals surface area contributed by atoms with E-state index in [1.54, 1.807) is 18.2 Å². The number of rotatable bonds is 7. The van der Waals surface area contributed by atoms with Gasteiger partial charge in [-0.25, -0.2) is 0 Å². The van der Waals surface area contributed by atoms with E-state index in [1.165, 1.54) is 17.0 Å². The highest BCUT2D eigenvalue weighted by molar-refractivity contribution is 5.96. The maximum atomic E-state index is 13.0. The Balaban J connectivity index is 1.59. The Morgan fingerprint density at radius 3 is 2.50 bits per heavy atom. The van der Waals surface area contributed by atoms with Crippen LogP contribution in [0.2, 0.25) is 0 Å². The first kappa shape index (κ1) is 25.2. The molecule has 1 atom stereocenters. The van der Waals surface area contributed by atoms with E-state index in [9.17, 15) is 27.6 Å². The van der Waals surface area contributed by atoms with Gasteiger partial charge in [0.05, 0.1) is 18.5 Å². The van der Waals surface area contributed by atoms with Crippen LogP contribution < -0.4 is 16.4 Å². The molecule has 4 N–H and O–H groups in total. The number of nitrogens with zero attached hydrogens (tertiary/aromatic N) is 1. The van der Waals surface area contributed by atoms with Gasteiger partial charge in [-0.3, -0.25) is 14.4 Å². The van der Waals surface area contributed by atoms with Crippen molar-refractivity contribution in [2.45, 2.75) is 44.4 Å². The molecule has 182 valence electrons. The second kappa shape index (κ2) is 11.1. The highest BCUT2D eigenvalue weighted by Crippen LogP contribution is 2.29. The number of anilines is 1. The molecule has 3 amide bonds. The molecule has 0 aromatic heterocycles. The van der Waals surface area contributed by atoms with Crippen molar-refractivity contribution in [1.29, 1.82) is 0 Å². The molecule has 0 bridgehead atoms. The molecule has 0 radical (unpaired) electrons. The fraction of sp³-hybridized carbons (Fsp3) is 0.375. The van der Waals surface area contributed by atoms with E-state index < -0.39 is 23.7 Å². The lowest BCUT2D eigenvalue weighted by molar-refractivity contribution is -0.138. The van der Waals surface area contributed by atoms with E-state index in [4.69, 9.17) is 5.73 Å². The first-order valence-corrected chi connectivity index (χ1v) is 11.0. The summed E-state index contributed by atoms with van der Waals surface area (Å²) in [6.45, 7) is 0.525. The van der Waals surface area contributed by atoms with Crippen LogP contribution >= 0.6 is 0 Å². The minimum Gasteiger partial charge on any atom is -0.344 e. The van der Waals surface area contributed by atoms with Gasteiger partial charge in [-0.05, 0) is 48.6 Å². The molecule has 3 rings (SSSR count). The molecule has 1 fully saturated rings. The summed E-state index contributed by atoms with van der Waals surface area (Å²) < 4.78 is 38.7. The number of nitrogens with two attached hydrogens (primary N) is 1. The highest BCUT2D eigenvalue weighted by Gasteiger charge is 2.31. The summed E-state index contributed by atoms with van der Waals surface area (Å²) in [4.78, 5) is 39.3. The standard InChI is InChI=1S/C24H27F3N4O3/c25-24(26,27)18-7-3-5-16(11-18)13-21(32)30-20-9-1-2-10-31(23(20)34)15-22(33)29-19-8-4-6-17(12-19)14-28/h3-8,11-12,20H,1-2,9-10,13-15,28H2,(H,29,33)(H,30,32). The van der Waals surface area contributed by atoms with Gasteiger partial charge in [0, 0.05) is 18.8 Å². The van der Waals surface area contributed by atoms with E-state index in [1.807, 2.05) is 6.07 Å². The zero-order valence-electron chi connectivity index (χ0n) is 18.5. The normalized spacial score (nSPS) is 16.6.